The van der Waals surface area contributed by atoms with Crippen LogP contribution in [0.15, 0.2) is 40.9 Å². The molecule has 0 spiro atoms. The molecule has 0 aliphatic carbocycles. The fourth-order valence-electron chi connectivity index (χ4n) is 2.64. The number of benzene rings is 2. The van der Waals surface area contributed by atoms with E-state index < -0.39 is 0 Å². The number of rotatable bonds is 11. The van der Waals surface area contributed by atoms with Crippen molar-refractivity contribution in [2.45, 2.75) is 39.8 Å². The van der Waals surface area contributed by atoms with Gasteiger partial charge in [0.25, 0.3) is 0 Å². The maximum Gasteiger partial charge on any atom is 0.175 e. The van der Waals surface area contributed by atoms with Crippen molar-refractivity contribution < 1.29 is 14.6 Å². The third-order valence-corrected chi connectivity index (χ3v) is 4.68. The van der Waals surface area contributed by atoms with Gasteiger partial charge in [-0.2, -0.15) is 0 Å². The number of unbranched alkanes of at least 4 members (excludes halogenated alkanes) is 1. The van der Waals surface area contributed by atoms with E-state index in [4.69, 9.17) is 14.6 Å². The molecule has 0 unspecified atom stereocenters. The van der Waals surface area contributed by atoms with Crippen molar-refractivity contribution >= 4 is 15.9 Å². The van der Waals surface area contributed by atoms with Gasteiger partial charge in [-0.15, -0.1) is 0 Å². The summed E-state index contributed by atoms with van der Waals surface area (Å²) >= 11 is 3.63. The Labute approximate surface area is 164 Å². The molecule has 2 N–H and O–H groups in total. The number of ether oxygens (including phenoxy) is 2. The molecule has 0 atom stereocenters. The van der Waals surface area contributed by atoms with E-state index in [-0.39, 0.29) is 6.61 Å². The van der Waals surface area contributed by atoms with E-state index in [1.807, 2.05) is 25.1 Å². The molecule has 0 heterocycles. The van der Waals surface area contributed by atoms with Gasteiger partial charge in [0, 0.05) is 13.2 Å². The quantitative estimate of drug-likeness (QED) is 0.520. The molecule has 0 aliphatic rings. The summed E-state index contributed by atoms with van der Waals surface area (Å²) in [5.41, 5.74) is 3.51. The molecule has 26 heavy (non-hydrogen) atoms. The topological polar surface area (TPSA) is 50.7 Å². The number of hydrogen-bond donors (Lipinski definition) is 2. The van der Waals surface area contributed by atoms with Gasteiger partial charge in [-0.1, -0.05) is 24.3 Å². The Bertz CT molecular complexity index is 691. The van der Waals surface area contributed by atoms with E-state index >= 15 is 0 Å². The Balaban J connectivity index is 2.06. The lowest BCUT2D eigenvalue weighted by atomic mass is 10.1. The second kappa shape index (κ2) is 11.2. The third-order valence-electron chi connectivity index (χ3n) is 4.09. The van der Waals surface area contributed by atoms with E-state index in [0.29, 0.717) is 13.2 Å². The highest BCUT2D eigenvalue weighted by Gasteiger charge is 2.13. The predicted octanol–water partition coefficient (Wildman–Crippen LogP) is 4.60. The Morgan fingerprint density at radius 2 is 1.92 bits per heavy atom. The molecule has 0 amide bonds. The molecule has 0 saturated heterocycles. The van der Waals surface area contributed by atoms with Crippen molar-refractivity contribution in [3.8, 4) is 11.5 Å². The van der Waals surface area contributed by atoms with Gasteiger partial charge in [0.15, 0.2) is 11.5 Å². The van der Waals surface area contributed by atoms with Crippen LogP contribution in [0.5, 0.6) is 11.5 Å². The summed E-state index contributed by atoms with van der Waals surface area (Å²) in [5.74, 6) is 1.49. The van der Waals surface area contributed by atoms with Gasteiger partial charge >= 0.3 is 0 Å². The van der Waals surface area contributed by atoms with Crippen LogP contribution < -0.4 is 14.8 Å². The molecule has 0 radical (unpaired) electrons. The van der Waals surface area contributed by atoms with Crippen molar-refractivity contribution in [2.75, 3.05) is 19.8 Å². The third kappa shape index (κ3) is 6.31. The highest BCUT2D eigenvalue weighted by atomic mass is 79.9. The van der Waals surface area contributed by atoms with E-state index in [9.17, 15) is 0 Å². The predicted molar refractivity (Wildman–Crippen MR) is 109 cm³/mol. The number of aryl methyl sites for hydroxylation is 1. The summed E-state index contributed by atoms with van der Waals surface area (Å²) in [4.78, 5) is 0. The summed E-state index contributed by atoms with van der Waals surface area (Å²) in [5, 5.41) is 12.2. The minimum absolute atomic E-state index is 0.245. The molecule has 2 aromatic rings. The standard InChI is InChI=1S/C21H28BrNO3/c1-3-25-20-13-17(14-23-10-6-7-11-24)12-19(22)21(20)26-15-18-9-5-4-8-16(18)2/h4-5,8-9,12-13,23-24H,3,6-7,10-11,14-15H2,1-2H3. The molecule has 4 nitrogen and oxygen atoms in total. The van der Waals surface area contributed by atoms with E-state index in [1.165, 1.54) is 5.56 Å². The van der Waals surface area contributed by atoms with E-state index in [2.05, 4.69) is 46.4 Å². The molecular formula is C21H28BrNO3. The Hall–Kier alpha value is -1.56. The molecule has 0 aromatic heterocycles. The molecule has 2 rings (SSSR count). The van der Waals surface area contributed by atoms with Gasteiger partial charge in [-0.05, 0) is 78.0 Å². The normalized spacial score (nSPS) is 10.8. The molecule has 0 fully saturated rings. The van der Waals surface area contributed by atoms with Crippen LogP contribution in [0.25, 0.3) is 0 Å². The summed E-state index contributed by atoms with van der Waals surface area (Å²) in [6, 6.07) is 12.3. The van der Waals surface area contributed by atoms with Gasteiger partial charge in [0.2, 0.25) is 0 Å². The smallest absolute Gasteiger partial charge is 0.175 e. The van der Waals surface area contributed by atoms with Crippen molar-refractivity contribution in [3.05, 3.63) is 57.6 Å². The zero-order valence-corrected chi connectivity index (χ0v) is 17.1. The fourth-order valence-corrected chi connectivity index (χ4v) is 3.25. The Morgan fingerprint density at radius 3 is 2.65 bits per heavy atom. The maximum atomic E-state index is 8.83. The van der Waals surface area contributed by atoms with Crippen LogP contribution in [0.2, 0.25) is 0 Å². The van der Waals surface area contributed by atoms with Crippen LogP contribution in [-0.4, -0.2) is 24.9 Å². The second-order valence-corrected chi connectivity index (χ2v) is 7.01. The second-order valence-electron chi connectivity index (χ2n) is 6.16. The minimum atomic E-state index is 0.245. The molecule has 0 bridgehead atoms. The Kier molecular flexibility index (Phi) is 8.95. The molecule has 5 heteroatoms. The summed E-state index contributed by atoms with van der Waals surface area (Å²) < 4.78 is 12.8. The minimum Gasteiger partial charge on any atom is -0.490 e. The fraction of sp³-hybridized carbons (Fsp3) is 0.429. The zero-order valence-electron chi connectivity index (χ0n) is 15.6. The monoisotopic (exact) mass is 421 g/mol. The van der Waals surface area contributed by atoms with Crippen molar-refractivity contribution in [1.29, 1.82) is 0 Å². The lowest BCUT2D eigenvalue weighted by molar-refractivity contribution is 0.267. The average Bonchev–Trinajstić information content (AvgIpc) is 2.62. The SMILES string of the molecule is CCOc1cc(CNCCCCO)cc(Br)c1OCc1ccccc1C. The zero-order chi connectivity index (χ0) is 18.8. The van der Waals surface area contributed by atoms with Gasteiger partial charge in [0.05, 0.1) is 11.1 Å². The van der Waals surface area contributed by atoms with Crippen LogP contribution >= 0.6 is 15.9 Å². The number of hydrogen-bond acceptors (Lipinski definition) is 4. The largest absolute Gasteiger partial charge is 0.490 e. The first-order chi connectivity index (χ1) is 12.7. The highest BCUT2D eigenvalue weighted by Crippen LogP contribution is 2.37. The summed E-state index contributed by atoms with van der Waals surface area (Å²) in [6.07, 6.45) is 1.79. The molecule has 0 saturated carbocycles. The van der Waals surface area contributed by atoms with Crippen molar-refractivity contribution in [1.82, 2.24) is 5.32 Å². The number of halogens is 1. The van der Waals surface area contributed by atoms with Gasteiger partial charge < -0.3 is 19.9 Å². The highest BCUT2D eigenvalue weighted by molar-refractivity contribution is 9.10. The van der Waals surface area contributed by atoms with Crippen LogP contribution in [-0.2, 0) is 13.2 Å². The molecular weight excluding hydrogens is 394 g/mol. The average molecular weight is 422 g/mol. The lowest BCUT2D eigenvalue weighted by Crippen LogP contribution is -2.15. The number of aliphatic hydroxyl groups is 1. The molecule has 2 aromatic carbocycles. The van der Waals surface area contributed by atoms with E-state index in [0.717, 1.165) is 53.0 Å². The van der Waals surface area contributed by atoms with Crippen LogP contribution in [0, 0.1) is 6.92 Å². The van der Waals surface area contributed by atoms with Crippen molar-refractivity contribution in [2.24, 2.45) is 0 Å². The molecule has 0 aliphatic heterocycles. The van der Waals surface area contributed by atoms with Gasteiger partial charge in [-0.25, -0.2) is 0 Å². The first-order valence-corrected chi connectivity index (χ1v) is 9.89. The number of nitrogens with one attached hydrogen (secondary N) is 1. The van der Waals surface area contributed by atoms with Crippen LogP contribution in [0.4, 0.5) is 0 Å². The van der Waals surface area contributed by atoms with Crippen molar-refractivity contribution in [3.63, 3.8) is 0 Å². The molecule has 142 valence electrons. The van der Waals surface area contributed by atoms with Crippen LogP contribution in [0.1, 0.15) is 36.5 Å². The first-order valence-electron chi connectivity index (χ1n) is 9.09. The first kappa shape index (κ1) is 20.7. The summed E-state index contributed by atoms with van der Waals surface area (Å²) in [6.45, 7) is 7.02. The van der Waals surface area contributed by atoms with Gasteiger partial charge in [0.1, 0.15) is 6.61 Å². The number of aliphatic hydroxyl groups excluding tert-OH is 1. The van der Waals surface area contributed by atoms with Crippen LogP contribution in [0.3, 0.4) is 0 Å². The maximum absolute atomic E-state index is 8.83. The van der Waals surface area contributed by atoms with E-state index in [1.54, 1.807) is 0 Å². The van der Waals surface area contributed by atoms with Gasteiger partial charge in [-0.3, -0.25) is 0 Å². The summed E-state index contributed by atoms with van der Waals surface area (Å²) in [7, 11) is 0. The Morgan fingerprint density at radius 1 is 1.12 bits per heavy atom. The lowest BCUT2D eigenvalue weighted by Gasteiger charge is -2.16.